The molecule has 7 heteroatoms. The third-order valence-corrected chi connectivity index (χ3v) is 10.1. The van der Waals surface area contributed by atoms with Crippen molar-refractivity contribution in [1.82, 2.24) is 0 Å². The van der Waals surface area contributed by atoms with Gasteiger partial charge in [-0.05, 0) is 49.4 Å². The van der Waals surface area contributed by atoms with Gasteiger partial charge in [0.25, 0.3) is 0 Å². The number of aliphatic hydroxyl groups is 4. The molecule has 0 aliphatic heterocycles. The molecule has 0 bridgehead atoms. The molecule has 0 spiro atoms. The number of hydrogen-bond donors (Lipinski definition) is 4. The summed E-state index contributed by atoms with van der Waals surface area (Å²) in [5.41, 5.74) is 1.62. The van der Waals surface area contributed by atoms with Crippen LogP contribution in [0.4, 0.5) is 0 Å². The molecule has 0 atom stereocenters. The number of hydrogen-bond acceptors (Lipinski definition) is 5. The zero-order chi connectivity index (χ0) is 16.5. The number of rotatable bonds is 10. The second-order valence-electron chi connectivity index (χ2n) is 6.38. The van der Waals surface area contributed by atoms with E-state index in [9.17, 15) is 10.2 Å². The van der Waals surface area contributed by atoms with Crippen molar-refractivity contribution in [3.8, 4) is 0 Å². The van der Waals surface area contributed by atoms with Gasteiger partial charge >= 0.3 is 0 Å². The van der Waals surface area contributed by atoms with Crippen LogP contribution in [0, 0.1) is 0 Å². The van der Waals surface area contributed by atoms with Crippen LogP contribution in [-0.2, 0) is 4.12 Å². The summed E-state index contributed by atoms with van der Waals surface area (Å²) >= 11 is 0. The summed E-state index contributed by atoms with van der Waals surface area (Å²) in [4.78, 5) is 0. The van der Waals surface area contributed by atoms with Crippen molar-refractivity contribution in [3.05, 3.63) is 23.3 Å². The average Bonchev–Trinajstić information content (AvgIpc) is 2.35. The van der Waals surface area contributed by atoms with E-state index in [1.54, 1.807) is 12.2 Å². The summed E-state index contributed by atoms with van der Waals surface area (Å²) in [7, 11) is -4.02. The largest absolute Gasteiger partial charge is 0.455 e. The molecule has 21 heavy (non-hydrogen) atoms. The van der Waals surface area contributed by atoms with Crippen LogP contribution in [0.15, 0.2) is 23.3 Å². The Morgan fingerprint density at radius 2 is 1.10 bits per heavy atom. The SMILES string of the molecule is C[Si](C)(C/C(=C/CO)CO)O[Si](C)(C)C/C(=C/CO)CO. The van der Waals surface area contributed by atoms with E-state index in [1.165, 1.54) is 0 Å². The molecule has 0 radical (unpaired) electrons. The molecule has 0 aromatic carbocycles. The first kappa shape index (κ1) is 20.7. The maximum absolute atomic E-state index is 9.30. The van der Waals surface area contributed by atoms with E-state index >= 15 is 0 Å². The van der Waals surface area contributed by atoms with E-state index in [2.05, 4.69) is 26.2 Å². The van der Waals surface area contributed by atoms with Crippen molar-refractivity contribution in [2.45, 2.75) is 38.3 Å². The van der Waals surface area contributed by atoms with Gasteiger partial charge in [-0.3, -0.25) is 0 Å². The topological polar surface area (TPSA) is 90.2 Å². The zero-order valence-electron chi connectivity index (χ0n) is 13.6. The summed E-state index contributed by atoms with van der Waals surface area (Å²) in [6.45, 7) is 8.11. The van der Waals surface area contributed by atoms with Crippen molar-refractivity contribution < 1.29 is 24.5 Å². The highest BCUT2D eigenvalue weighted by atomic mass is 28.4. The Kier molecular flexibility index (Phi) is 9.54. The van der Waals surface area contributed by atoms with Crippen LogP contribution in [0.3, 0.4) is 0 Å². The van der Waals surface area contributed by atoms with E-state index in [4.69, 9.17) is 14.3 Å². The van der Waals surface area contributed by atoms with Crippen LogP contribution >= 0.6 is 0 Å². The Labute approximate surface area is 129 Å². The minimum absolute atomic E-state index is 0.0609. The van der Waals surface area contributed by atoms with Crippen LogP contribution in [0.5, 0.6) is 0 Å². The van der Waals surface area contributed by atoms with E-state index in [1.807, 2.05) is 0 Å². The molecule has 4 N–H and O–H groups in total. The lowest BCUT2D eigenvalue weighted by molar-refractivity contribution is 0.318. The van der Waals surface area contributed by atoms with Gasteiger partial charge in [0, 0.05) is 0 Å². The standard InChI is InChI=1S/C14H30O5Si2/c1-20(2,11-13(9-17)5-7-15)19-21(3,4)12-14(10-18)6-8-16/h5-6,15-18H,7-12H2,1-4H3/b13-5+,14-6+. The lowest BCUT2D eigenvalue weighted by Crippen LogP contribution is -2.45. The van der Waals surface area contributed by atoms with Crippen molar-refractivity contribution in [2.24, 2.45) is 0 Å². The van der Waals surface area contributed by atoms with E-state index in [-0.39, 0.29) is 26.4 Å². The quantitative estimate of drug-likeness (QED) is 0.356. The van der Waals surface area contributed by atoms with Crippen LogP contribution in [-0.4, -0.2) is 63.5 Å². The third-order valence-electron chi connectivity index (χ3n) is 3.02. The fourth-order valence-corrected chi connectivity index (χ4v) is 11.8. The maximum Gasteiger partial charge on any atom is 0.177 e. The van der Waals surface area contributed by atoms with E-state index in [0.29, 0.717) is 12.1 Å². The van der Waals surface area contributed by atoms with Crippen LogP contribution < -0.4 is 0 Å². The van der Waals surface area contributed by atoms with Crippen LogP contribution in [0.2, 0.25) is 38.3 Å². The molecule has 124 valence electrons. The lowest BCUT2D eigenvalue weighted by Gasteiger charge is -2.35. The van der Waals surface area contributed by atoms with Gasteiger partial charge in [0.2, 0.25) is 0 Å². The Bertz CT molecular complexity index is 330. The molecule has 0 saturated carbocycles. The van der Waals surface area contributed by atoms with Gasteiger partial charge in [0.1, 0.15) is 0 Å². The molecular weight excluding hydrogens is 304 g/mol. The van der Waals surface area contributed by atoms with Crippen molar-refractivity contribution >= 4 is 16.6 Å². The summed E-state index contributed by atoms with van der Waals surface area (Å²) in [6.07, 6.45) is 3.27. The Balaban J connectivity index is 4.81. The molecule has 0 fully saturated rings. The summed E-state index contributed by atoms with van der Waals surface area (Å²) in [6, 6.07) is 1.36. The minimum Gasteiger partial charge on any atom is -0.455 e. The summed E-state index contributed by atoms with van der Waals surface area (Å²) < 4.78 is 6.39. The highest BCUT2D eigenvalue weighted by Gasteiger charge is 2.34. The Morgan fingerprint density at radius 1 is 0.762 bits per heavy atom. The predicted octanol–water partition coefficient (Wildman–Crippen LogP) is 1.24. The van der Waals surface area contributed by atoms with Gasteiger partial charge in [-0.15, -0.1) is 0 Å². The Morgan fingerprint density at radius 3 is 1.33 bits per heavy atom. The first-order valence-electron chi connectivity index (χ1n) is 7.19. The average molecular weight is 335 g/mol. The normalized spacial score (nSPS) is 14.7. The van der Waals surface area contributed by atoms with Gasteiger partial charge in [-0.1, -0.05) is 12.2 Å². The lowest BCUT2D eigenvalue weighted by atomic mass is 10.3. The first-order valence-corrected chi connectivity index (χ1v) is 13.4. The van der Waals surface area contributed by atoms with Crippen molar-refractivity contribution in [3.63, 3.8) is 0 Å². The predicted molar refractivity (Wildman–Crippen MR) is 90.2 cm³/mol. The third kappa shape index (κ3) is 9.36. The molecule has 0 amide bonds. The van der Waals surface area contributed by atoms with Crippen molar-refractivity contribution in [1.29, 1.82) is 0 Å². The number of aliphatic hydroxyl groups excluding tert-OH is 4. The van der Waals surface area contributed by atoms with Crippen LogP contribution in [0.25, 0.3) is 0 Å². The Hall–Kier alpha value is -0.286. The zero-order valence-corrected chi connectivity index (χ0v) is 15.6. The molecular formula is C14H30O5Si2. The fourth-order valence-electron chi connectivity index (χ4n) is 2.56. The second-order valence-corrected chi connectivity index (χ2v) is 14.9. The molecule has 5 nitrogen and oxygen atoms in total. The summed E-state index contributed by atoms with van der Waals surface area (Å²) in [5.74, 6) is 0. The molecule has 0 aromatic heterocycles. The highest BCUT2D eigenvalue weighted by Crippen LogP contribution is 2.26. The fraction of sp³-hybridized carbons (Fsp3) is 0.714. The van der Waals surface area contributed by atoms with Gasteiger partial charge < -0.3 is 24.5 Å². The van der Waals surface area contributed by atoms with Gasteiger partial charge in [0.05, 0.1) is 26.4 Å². The summed E-state index contributed by atoms with van der Waals surface area (Å²) in [5, 5.41) is 36.5. The van der Waals surface area contributed by atoms with Crippen molar-refractivity contribution in [2.75, 3.05) is 26.4 Å². The highest BCUT2D eigenvalue weighted by molar-refractivity contribution is 6.85. The minimum atomic E-state index is -2.01. The monoisotopic (exact) mass is 334 g/mol. The first-order chi connectivity index (χ1) is 9.69. The second kappa shape index (κ2) is 9.67. The molecule has 0 saturated heterocycles. The van der Waals surface area contributed by atoms with Gasteiger partial charge in [0.15, 0.2) is 16.6 Å². The molecule has 0 aliphatic carbocycles. The molecule has 0 aliphatic rings. The van der Waals surface area contributed by atoms with E-state index < -0.39 is 16.6 Å². The molecule has 0 rings (SSSR count). The maximum atomic E-state index is 9.30. The molecule has 0 unspecified atom stereocenters. The van der Waals surface area contributed by atoms with Gasteiger partial charge in [-0.2, -0.15) is 0 Å². The smallest absolute Gasteiger partial charge is 0.177 e. The van der Waals surface area contributed by atoms with E-state index in [0.717, 1.165) is 11.1 Å². The molecule has 0 heterocycles. The van der Waals surface area contributed by atoms with Crippen LogP contribution in [0.1, 0.15) is 0 Å². The van der Waals surface area contributed by atoms with Gasteiger partial charge in [-0.25, -0.2) is 0 Å². The molecule has 0 aromatic rings.